The van der Waals surface area contributed by atoms with Gasteiger partial charge in [-0.25, -0.2) is 4.98 Å². The molecule has 2 aromatic rings. The summed E-state index contributed by atoms with van der Waals surface area (Å²) in [7, 11) is 0. The summed E-state index contributed by atoms with van der Waals surface area (Å²) < 4.78 is 1.02. The molecule has 0 spiro atoms. The second kappa shape index (κ2) is 6.70. The van der Waals surface area contributed by atoms with Crippen molar-refractivity contribution in [1.29, 1.82) is 0 Å². The third-order valence-corrected chi connectivity index (χ3v) is 3.43. The molecule has 1 aromatic carbocycles. The molecule has 2 N–H and O–H groups in total. The Balaban J connectivity index is 2.21. The molecule has 2 rings (SSSR count). The zero-order valence-electron chi connectivity index (χ0n) is 12.0. The standard InChI is InChI=1S/C15H19BrN4/c1-4-7-17-15-18-11(3)9-14(20-15)19-13-6-5-10(2)8-12(13)16/h5-6,8-9H,4,7H2,1-3H3,(H2,17,18,19,20). The van der Waals surface area contributed by atoms with Gasteiger partial charge in [-0.15, -0.1) is 0 Å². The van der Waals surface area contributed by atoms with Gasteiger partial charge in [-0.05, 0) is 53.9 Å². The van der Waals surface area contributed by atoms with Crippen molar-refractivity contribution in [2.75, 3.05) is 17.2 Å². The number of aromatic nitrogens is 2. The Kier molecular flexibility index (Phi) is 4.95. The molecule has 0 amide bonds. The van der Waals surface area contributed by atoms with Gasteiger partial charge in [0.1, 0.15) is 5.82 Å². The lowest BCUT2D eigenvalue weighted by Crippen LogP contribution is -2.07. The van der Waals surface area contributed by atoms with Gasteiger partial charge < -0.3 is 10.6 Å². The molecular formula is C15H19BrN4. The lowest BCUT2D eigenvalue weighted by atomic mass is 10.2. The number of nitrogens with one attached hydrogen (secondary N) is 2. The van der Waals surface area contributed by atoms with Gasteiger partial charge in [0.2, 0.25) is 5.95 Å². The molecule has 0 aliphatic carbocycles. The molecule has 20 heavy (non-hydrogen) atoms. The Morgan fingerprint density at radius 1 is 1.15 bits per heavy atom. The van der Waals surface area contributed by atoms with Crippen LogP contribution in [0.3, 0.4) is 0 Å². The largest absolute Gasteiger partial charge is 0.354 e. The van der Waals surface area contributed by atoms with E-state index in [1.807, 2.05) is 19.1 Å². The van der Waals surface area contributed by atoms with E-state index < -0.39 is 0 Å². The molecule has 1 aromatic heterocycles. The number of benzene rings is 1. The number of halogens is 1. The highest BCUT2D eigenvalue weighted by molar-refractivity contribution is 9.10. The second-order valence-corrected chi connectivity index (χ2v) is 5.61. The first-order valence-electron chi connectivity index (χ1n) is 6.71. The summed E-state index contributed by atoms with van der Waals surface area (Å²) in [5.74, 6) is 1.46. The van der Waals surface area contributed by atoms with E-state index >= 15 is 0 Å². The van der Waals surface area contributed by atoms with Crippen LogP contribution >= 0.6 is 15.9 Å². The monoisotopic (exact) mass is 334 g/mol. The van der Waals surface area contributed by atoms with Gasteiger partial charge in [0.25, 0.3) is 0 Å². The summed E-state index contributed by atoms with van der Waals surface area (Å²) in [6.07, 6.45) is 1.05. The molecule has 0 unspecified atom stereocenters. The van der Waals surface area contributed by atoms with Crippen molar-refractivity contribution in [3.8, 4) is 0 Å². The Bertz CT molecular complexity index is 598. The van der Waals surface area contributed by atoms with Gasteiger partial charge >= 0.3 is 0 Å². The lowest BCUT2D eigenvalue weighted by Gasteiger charge is -2.11. The van der Waals surface area contributed by atoms with Gasteiger partial charge in [-0.1, -0.05) is 13.0 Å². The average molecular weight is 335 g/mol. The van der Waals surface area contributed by atoms with Crippen LogP contribution < -0.4 is 10.6 Å². The summed E-state index contributed by atoms with van der Waals surface area (Å²) in [6, 6.07) is 8.11. The summed E-state index contributed by atoms with van der Waals surface area (Å²) in [6.45, 7) is 7.02. The average Bonchev–Trinajstić information content (AvgIpc) is 2.39. The molecule has 0 radical (unpaired) electrons. The summed E-state index contributed by atoms with van der Waals surface area (Å²) in [4.78, 5) is 8.85. The number of anilines is 3. The number of nitrogens with zero attached hydrogens (tertiary/aromatic N) is 2. The van der Waals surface area contributed by atoms with Crippen LogP contribution in [0, 0.1) is 13.8 Å². The minimum atomic E-state index is 0.664. The third-order valence-electron chi connectivity index (χ3n) is 2.77. The first-order chi connectivity index (χ1) is 9.58. The quantitative estimate of drug-likeness (QED) is 0.849. The predicted octanol–water partition coefficient (Wildman–Crippen LogP) is 4.42. The molecule has 0 aliphatic rings. The van der Waals surface area contributed by atoms with Crippen LogP contribution in [0.1, 0.15) is 24.6 Å². The van der Waals surface area contributed by atoms with Crippen molar-refractivity contribution in [2.24, 2.45) is 0 Å². The molecule has 5 heteroatoms. The first-order valence-corrected chi connectivity index (χ1v) is 7.50. The van der Waals surface area contributed by atoms with Gasteiger partial charge in [0.15, 0.2) is 0 Å². The lowest BCUT2D eigenvalue weighted by molar-refractivity contribution is 0.947. The molecule has 1 heterocycles. The first kappa shape index (κ1) is 14.8. The number of aryl methyl sites for hydroxylation is 2. The molecule has 0 aliphatic heterocycles. The van der Waals surface area contributed by atoms with Crippen molar-refractivity contribution >= 4 is 33.4 Å². The minimum absolute atomic E-state index is 0.664. The number of hydrogen-bond donors (Lipinski definition) is 2. The van der Waals surface area contributed by atoms with Crippen LogP contribution in [0.15, 0.2) is 28.7 Å². The maximum Gasteiger partial charge on any atom is 0.224 e. The smallest absolute Gasteiger partial charge is 0.224 e. The normalized spacial score (nSPS) is 10.4. The Hall–Kier alpha value is -1.62. The van der Waals surface area contributed by atoms with E-state index in [1.54, 1.807) is 0 Å². The fourth-order valence-corrected chi connectivity index (χ4v) is 2.40. The fourth-order valence-electron chi connectivity index (χ4n) is 1.81. The van der Waals surface area contributed by atoms with Crippen molar-refractivity contribution < 1.29 is 0 Å². The molecule has 0 atom stereocenters. The van der Waals surface area contributed by atoms with Crippen molar-refractivity contribution in [3.05, 3.63) is 40.0 Å². The van der Waals surface area contributed by atoms with Gasteiger partial charge in [-0.2, -0.15) is 4.98 Å². The predicted molar refractivity (Wildman–Crippen MR) is 87.7 cm³/mol. The zero-order chi connectivity index (χ0) is 14.5. The van der Waals surface area contributed by atoms with Crippen LogP contribution in [0.25, 0.3) is 0 Å². The van der Waals surface area contributed by atoms with Crippen LogP contribution in [0.2, 0.25) is 0 Å². The highest BCUT2D eigenvalue weighted by Crippen LogP contribution is 2.26. The SMILES string of the molecule is CCCNc1nc(C)cc(Nc2ccc(C)cc2Br)n1. The number of rotatable bonds is 5. The Morgan fingerprint density at radius 2 is 1.95 bits per heavy atom. The Morgan fingerprint density at radius 3 is 2.65 bits per heavy atom. The van der Waals surface area contributed by atoms with Crippen LogP contribution in [-0.2, 0) is 0 Å². The summed E-state index contributed by atoms with van der Waals surface area (Å²) in [5.41, 5.74) is 3.14. The highest BCUT2D eigenvalue weighted by Gasteiger charge is 2.05. The molecule has 0 bridgehead atoms. The fraction of sp³-hybridized carbons (Fsp3) is 0.333. The van der Waals surface area contributed by atoms with Crippen LogP contribution in [0.5, 0.6) is 0 Å². The van der Waals surface area contributed by atoms with Gasteiger partial charge in [0.05, 0.1) is 5.69 Å². The summed E-state index contributed by atoms with van der Waals surface area (Å²) in [5, 5.41) is 6.53. The molecule has 106 valence electrons. The second-order valence-electron chi connectivity index (χ2n) is 4.75. The number of hydrogen-bond acceptors (Lipinski definition) is 4. The van der Waals surface area contributed by atoms with Gasteiger partial charge in [-0.3, -0.25) is 0 Å². The topological polar surface area (TPSA) is 49.8 Å². The molecule has 0 saturated heterocycles. The van der Waals surface area contributed by atoms with E-state index in [4.69, 9.17) is 0 Å². The molecule has 0 saturated carbocycles. The maximum atomic E-state index is 4.48. The van der Waals surface area contributed by atoms with E-state index in [9.17, 15) is 0 Å². The highest BCUT2D eigenvalue weighted by atomic mass is 79.9. The van der Waals surface area contributed by atoms with Crippen LogP contribution in [0.4, 0.5) is 17.5 Å². The van der Waals surface area contributed by atoms with Crippen molar-refractivity contribution in [1.82, 2.24) is 9.97 Å². The minimum Gasteiger partial charge on any atom is -0.354 e. The van der Waals surface area contributed by atoms with Gasteiger partial charge in [0, 0.05) is 22.8 Å². The molecular weight excluding hydrogens is 316 g/mol. The molecule has 4 nitrogen and oxygen atoms in total. The van der Waals surface area contributed by atoms with E-state index in [1.165, 1.54) is 5.56 Å². The Labute approximate surface area is 128 Å². The van der Waals surface area contributed by atoms with E-state index in [-0.39, 0.29) is 0 Å². The van der Waals surface area contributed by atoms with Crippen molar-refractivity contribution in [3.63, 3.8) is 0 Å². The van der Waals surface area contributed by atoms with E-state index in [0.29, 0.717) is 5.95 Å². The maximum absolute atomic E-state index is 4.48. The summed E-state index contributed by atoms with van der Waals surface area (Å²) >= 11 is 3.56. The van der Waals surface area contributed by atoms with Crippen molar-refractivity contribution in [2.45, 2.75) is 27.2 Å². The van der Waals surface area contributed by atoms with E-state index in [2.05, 4.69) is 62.5 Å². The van der Waals surface area contributed by atoms with Crippen LogP contribution in [-0.4, -0.2) is 16.5 Å². The van der Waals surface area contributed by atoms with E-state index in [0.717, 1.165) is 34.6 Å². The third kappa shape index (κ3) is 3.93. The zero-order valence-corrected chi connectivity index (χ0v) is 13.6. The molecule has 0 fully saturated rings.